The van der Waals surface area contributed by atoms with Crippen LogP contribution in [0.5, 0.6) is 0 Å². The van der Waals surface area contributed by atoms with Gasteiger partial charge in [-0.2, -0.15) is 5.10 Å². The van der Waals surface area contributed by atoms with E-state index in [0.29, 0.717) is 12.5 Å². The van der Waals surface area contributed by atoms with Crippen LogP contribution < -0.4 is 10.9 Å². The van der Waals surface area contributed by atoms with Gasteiger partial charge >= 0.3 is 0 Å². The van der Waals surface area contributed by atoms with Gasteiger partial charge in [-0.05, 0) is 50.2 Å². The van der Waals surface area contributed by atoms with Crippen LogP contribution in [0, 0.1) is 0 Å². The Morgan fingerprint density at radius 2 is 2.15 bits per heavy atom. The van der Waals surface area contributed by atoms with E-state index in [1.807, 2.05) is 21.5 Å². The third-order valence-electron chi connectivity index (χ3n) is 4.93. The lowest BCUT2D eigenvalue weighted by Crippen LogP contribution is -2.26. The van der Waals surface area contributed by atoms with E-state index in [9.17, 15) is 4.79 Å². The Hall–Kier alpha value is -2.15. The Bertz CT molecular complexity index is 941. The van der Waals surface area contributed by atoms with Crippen molar-refractivity contribution in [2.75, 3.05) is 11.9 Å². The number of aromatic nitrogens is 4. The molecule has 0 amide bonds. The van der Waals surface area contributed by atoms with Crippen molar-refractivity contribution >= 4 is 27.5 Å². The van der Waals surface area contributed by atoms with Crippen LogP contribution >= 0.6 is 11.3 Å². The Balaban J connectivity index is 1.60. The largest absolute Gasteiger partial charge is 0.355 e. The molecule has 0 unspecified atom stereocenters. The van der Waals surface area contributed by atoms with Gasteiger partial charge in [0, 0.05) is 36.9 Å². The zero-order valence-electron chi connectivity index (χ0n) is 15.2. The van der Waals surface area contributed by atoms with Gasteiger partial charge in [0.05, 0.1) is 5.39 Å². The number of nitrogens with zero attached hydrogens (tertiary/aromatic N) is 4. The lowest BCUT2D eigenvalue weighted by molar-refractivity contribution is 0.587. The first-order chi connectivity index (χ1) is 12.8. The molecule has 0 fully saturated rings. The fourth-order valence-corrected chi connectivity index (χ4v) is 4.93. The summed E-state index contributed by atoms with van der Waals surface area (Å²) in [5.41, 5.74) is 1.40. The minimum atomic E-state index is 0.130. The second-order valence-corrected chi connectivity index (χ2v) is 7.92. The van der Waals surface area contributed by atoms with Crippen LogP contribution in [0.3, 0.4) is 0 Å². The van der Waals surface area contributed by atoms with Gasteiger partial charge < -0.3 is 5.32 Å². The number of aryl methyl sites for hydroxylation is 3. The maximum atomic E-state index is 13.2. The molecule has 26 heavy (non-hydrogen) atoms. The molecule has 1 aliphatic carbocycles. The average Bonchev–Trinajstić information content (AvgIpc) is 3.28. The second-order valence-electron chi connectivity index (χ2n) is 6.83. The third-order valence-corrected chi connectivity index (χ3v) is 6.11. The number of rotatable bonds is 7. The van der Waals surface area contributed by atoms with Crippen molar-refractivity contribution in [2.45, 2.75) is 58.5 Å². The molecule has 0 aromatic carbocycles. The molecule has 4 rings (SSSR count). The van der Waals surface area contributed by atoms with Crippen molar-refractivity contribution in [3.05, 3.63) is 39.3 Å². The highest BCUT2D eigenvalue weighted by atomic mass is 32.1. The summed E-state index contributed by atoms with van der Waals surface area (Å²) in [6, 6.07) is 1.93. The summed E-state index contributed by atoms with van der Waals surface area (Å²) in [5.74, 6) is 0.711. The highest BCUT2D eigenvalue weighted by Crippen LogP contribution is 2.34. The smallest absolute Gasteiger partial charge is 0.263 e. The van der Waals surface area contributed by atoms with Crippen molar-refractivity contribution in [3.8, 4) is 0 Å². The molecule has 0 spiro atoms. The van der Waals surface area contributed by atoms with Gasteiger partial charge in [-0.25, -0.2) is 4.98 Å². The Morgan fingerprint density at radius 1 is 1.27 bits per heavy atom. The number of nitrogens with one attached hydrogen (secondary N) is 1. The van der Waals surface area contributed by atoms with E-state index in [-0.39, 0.29) is 5.56 Å². The Morgan fingerprint density at radius 3 is 2.96 bits per heavy atom. The molecular formula is C19H25N5OS. The fraction of sp³-hybridized carbons (Fsp3) is 0.526. The molecule has 7 heteroatoms. The van der Waals surface area contributed by atoms with E-state index < -0.39 is 0 Å². The Labute approximate surface area is 156 Å². The van der Waals surface area contributed by atoms with Crippen molar-refractivity contribution in [2.24, 2.45) is 0 Å². The molecule has 0 atom stereocenters. The zero-order valence-corrected chi connectivity index (χ0v) is 16.0. The normalized spacial score (nSPS) is 13.9. The van der Waals surface area contributed by atoms with Gasteiger partial charge in [-0.3, -0.25) is 14.0 Å². The first kappa shape index (κ1) is 17.3. The summed E-state index contributed by atoms with van der Waals surface area (Å²) in [7, 11) is 0. The summed E-state index contributed by atoms with van der Waals surface area (Å²) in [6.07, 6.45) is 10.1. The number of hydrogen-bond donors (Lipinski definition) is 1. The predicted octanol–water partition coefficient (Wildman–Crippen LogP) is 3.45. The van der Waals surface area contributed by atoms with Gasteiger partial charge in [0.15, 0.2) is 0 Å². The molecule has 0 saturated heterocycles. The lowest BCUT2D eigenvalue weighted by atomic mass is 9.97. The van der Waals surface area contributed by atoms with Crippen LogP contribution in [0.15, 0.2) is 23.3 Å². The molecule has 138 valence electrons. The monoisotopic (exact) mass is 371 g/mol. The van der Waals surface area contributed by atoms with Gasteiger partial charge in [0.25, 0.3) is 5.56 Å². The van der Waals surface area contributed by atoms with E-state index in [4.69, 9.17) is 4.98 Å². The third kappa shape index (κ3) is 3.28. The minimum Gasteiger partial charge on any atom is -0.355 e. The average molecular weight is 372 g/mol. The molecule has 3 aromatic heterocycles. The standard InChI is InChI=1S/C19H25N5OS/c1-2-11-24-18(25)16-14-7-3-4-8-15(14)26-17(16)22-19(24)20-9-5-12-23-13-6-10-21-23/h6,10,13H,2-5,7-9,11-12H2,1H3,(H,20,22). The van der Waals surface area contributed by atoms with Crippen molar-refractivity contribution < 1.29 is 0 Å². The Kier molecular flexibility index (Phi) is 5.06. The molecule has 0 saturated carbocycles. The molecule has 3 heterocycles. The van der Waals surface area contributed by atoms with Crippen LogP contribution in [0.4, 0.5) is 5.95 Å². The summed E-state index contributed by atoms with van der Waals surface area (Å²) in [4.78, 5) is 20.3. The van der Waals surface area contributed by atoms with Crippen molar-refractivity contribution in [1.82, 2.24) is 19.3 Å². The summed E-state index contributed by atoms with van der Waals surface area (Å²) in [6.45, 7) is 4.43. The first-order valence-electron chi connectivity index (χ1n) is 9.54. The number of hydrogen-bond acceptors (Lipinski definition) is 5. The van der Waals surface area contributed by atoms with E-state index in [1.54, 1.807) is 17.5 Å². The maximum absolute atomic E-state index is 13.2. The molecule has 0 aliphatic heterocycles. The minimum absolute atomic E-state index is 0.130. The van der Waals surface area contributed by atoms with E-state index in [1.165, 1.54) is 23.3 Å². The van der Waals surface area contributed by atoms with Crippen LogP contribution in [0.2, 0.25) is 0 Å². The molecule has 0 bridgehead atoms. The van der Waals surface area contributed by atoms with Gasteiger partial charge in [-0.1, -0.05) is 6.92 Å². The molecule has 1 N–H and O–H groups in total. The first-order valence-corrected chi connectivity index (χ1v) is 10.4. The number of thiophene rings is 1. The summed E-state index contributed by atoms with van der Waals surface area (Å²) in [5, 5.41) is 8.49. The van der Waals surface area contributed by atoms with Crippen LogP contribution in [0.25, 0.3) is 10.2 Å². The molecular weight excluding hydrogens is 346 g/mol. The number of anilines is 1. The van der Waals surface area contributed by atoms with E-state index in [0.717, 1.165) is 49.0 Å². The maximum Gasteiger partial charge on any atom is 0.263 e. The number of fused-ring (bicyclic) bond motifs is 3. The second kappa shape index (κ2) is 7.61. The topological polar surface area (TPSA) is 64.7 Å². The molecule has 3 aromatic rings. The zero-order chi connectivity index (χ0) is 17.9. The van der Waals surface area contributed by atoms with Crippen molar-refractivity contribution in [3.63, 3.8) is 0 Å². The van der Waals surface area contributed by atoms with E-state index >= 15 is 0 Å². The quantitative estimate of drug-likeness (QED) is 0.646. The predicted molar refractivity (Wildman–Crippen MR) is 106 cm³/mol. The van der Waals surface area contributed by atoms with Crippen LogP contribution in [-0.4, -0.2) is 25.9 Å². The molecule has 6 nitrogen and oxygen atoms in total. The van der Waals surface area contributed by atoms with Crippen LogP contribution in [-0.2, 0) is 25.9 Å². The van der Waals surface area contributed by atoms with Crippen molar-refractivity contribution in [1.29, 1.82) is 0 Å². The fourth-order valence-electron chi connectivity index (χ4n) is 3.68. The van der Waals surface area contributed by atoms with Gasteiger partial charge in [0.1, 0.15) is 4.83 Å². The SMILES string of the molecule is CCCn1c(NCCCn2cccn2)nc2sc3c(c2c1=O)CCCC3. The lowest BCUT2D eigenvalue weighted by Gasteiger charge is -2.14. The highest BCUT2D eigenvalue weighted by molar-refractivity contribution is 7.18. The van der Waals surface area contributed by atoms with E-state index in [2.05, 4.69) is 17.3 Å². The van der Waals surface area contributed by atoms with Gasteiger partial charge in [-0.15, -0.1) is 11.3 Å². The van der Waals surface area contributed by atoms with Crippen LogP contribution in [0.1, 0.15) is 43.0 Å². The van der Waals surface area contributed by atoms with Gasteiger partial charge in [0.2, 0.25) is 5.95 Å². The highest BCUT2D eigenvalue weighted by Gasteiger charge is 2.21. The molecule has 0 radical (unpaired) electrons. The summed E-state index contributed by atoms with van der Waals surface area (Å²) < 4.78 is 3.75. The summed E-state index contributed by atoms with van der Waals surface area (Å²) >= 11 is 1.71. The molecule has 1 aliphatic rings.